The van der Waals surface area contributed by atoms with Crippen molar-refractivity contribution in [1.82, 2.24) is 14.5 Å². The topological polar surface area (TPSA) is 87.6 Å². The van der Waals surface area contributed by atoms with E-state index in [1.165, 1.54) is 0 Å². The van der Waals surface area contributed by atoms with Gasteiger partial charge in [-0.1, -0.05) is 0 Å². The van der Waals surface area contributed by atoms with Crippen LogP contribution in [0.3, 0.4) is 0 Å². The van der Waals surface area contributed by atoms with Crippen LogP contribution in [0, 0.1) is 18.7 Å². The first-order chi connectivity index (χ1) is 13.4. The summed E-state index contributed by atoms with van der Waals surface area (Å²) in [6.07, 6.45) is 4.37. The van der Waals surface area contributed by atoms with Crippen molar-refractivity contribution in [2.24, 2.45) is 5.92 Å². The maximum atomic E-state index is 14.7. The van der Waals surface area contributed by atoms with Gasteiger partial charge in [0.1, 0.15) is 6.73 Å². The zero-order chi connectivity index (χ0) is 19.6. The van der Waals surface area contributed by atoms with Gasteiger partial charge in [0, 0.05) is 30.6 Å². The van der Waals surface area contributed by atoms with Crippen molar-refractivity contribution in [3.05, 3.63) is 38.3 Å². The number of likely N-dealkylation sites (tertiary alicyclic amines) is 1. The van der Waals surface area contributed by atoms with Crippen LogP contribution in [0.5, 0.6) is 5.75 Å². The number of aromatic amines is 1. The summed E-state index contributed by atoms with van der Waals surface area (Å²) in [4.78, 5) is 28.9. The Bertz CT molecular complexity index is 1070. The zero-order valence-electron chi connectivity index (χ0n) is 15.8. The summed E-state index contributed by atoms with van der Waals surface area (Å²) in [5.74, 6) is -0.272. The van der Waals surface area contributed by atoms with Crippen molar-refractivity contribution >= 4 is 10.9 Å². The molecule has 3 fully saturated rings. The molecule has 0 bridgehead atoms. The summed E-state index contributed by atoms with van der Waals surface area (Å²) in [7, 11) is 0. The molecule has 2 N–H and O–H groups in total. The van der Waals surface area contributed by atoms with Gasteiger partial charge >= 0.3 is 5.69 Å². The molecule has 1 aromatic heterocycles. The summed E-state index contributed by atoms with van der Waals surface area (Å²) in [5.41, 5.74) is -0.618. The first-order valence-electron chi connectivity index (χ1n) is 9.92. The molecule has 2 aromatic rings. The van der Waals surface area contributed by atoms with Gasteiger partial charge in [-0.15, -0.1) is 0 Å². The minimum absolute atomic E-state index is 0.0440. The van der Waals surface area contributed by atoms with E-state index < -0.39 is 22.7 Å². The van der Waals surface area contributed by atoms with Crippen LogP contribution in [-0.4, -0.2) is 45.0 Å². The Balaban J connectivity index is 1.46. The van der Waals surface area contributed by atoms with E-state index in [-0.39, 0.29) is 29.8 Å². The second-order valence-electron chi connectivity index (χ2n) is 8.51. The summed E-state index contributed by atoms with van der Waals surface area (Å²) in [6, 6.07) is 1.21. The summed E-state index contributed by atoms with van der Waals surface area (Å²) < 4.78 is 22.1. The lowest BCUT2D eigenvalue weighted by Gasteiger charge is -2.21. The molecule has 5 rings (SSSR count). The van der Waals surface area contributed by atoms with Gasteiger partial charge in [-0.05, 0) is 45.1 Å². The Hall–Kier alpha value is -2.19. The first-order valence-corrected chi connectivity index (χ1v) is 9.92. The van der Waals surface area contributed by atoms with Crippen LogP contribution in [-0.2, 0) is 0 Å². The zero-order valence-corrected chi connectivity index (χ0v) is 15.8. The van der Waals surface area contributed by atoms with Gasteiger partial charge in [0.05, 0.1) is 16.5 Å². The normalized spacial score (nSPS) is 24.0. The Morgan fingerprint density at radius 1 is 1.32 bits per heavy atom. The number of ether oxygens (including phenoxy) is 1. The third-order valence-electron chi connectivity index (χ3n) is 6.46. The number of H-pyrrole nitrogens is 1. The molecule has 150 valence electrons. The van der Waals surface area contributed by atoms with Crippen molar-refractivity contribution in [2.45, 2.75) is 50.7 Å². The van der Waals surface area contributed by atoms with Gasteiger partial charge in [0.15, 0.2) is 11.6 Å². The fraction of sp³-hybridized carbons (Fsp3) is 0.600. The lowest BCUT2D eigenvalue weighted by Crippen LogP contribution is -2.31. The fourth-order valence-corrected chi connectivity index (χ4v) is 4.50. The quantitative estimate of drug-likeness (QED) is 0.812. The number of nitrogens with zero attached hydrogens (tertiary/aromatic N) is 2. The largest absolute Gasteiger partial charge is 0.475 e. The number of halogens is 1. The molecule has 3 aliphatic rings. The van der Waals surface area contributed by atoms with Gasteiger partial charge in [-0.25, -0.2) is 9.18 Å². The molecule has 28 heavy (non-hydrogen) atoms. The number of aromatic nitrogens is 2. The van der Waals surface area contributed by atoms with Crippen LogP contribution < -0.4 is 16.0 Å². The SMILES string of the molecule is Cc1c(OCN2CCC(C3(O)CC3)C2)c(F)cc2c(=O)[nH]c(=O)n(C3CC3)c12. The van der Waals surface area contributed by atoms with Crippen LogP contribution in [0.4, 0.5) is 4.39 Å². The van der Waals surface area contributed by atoms with E-state index in [4.69, 9.17) is 4.74 Å². The van der Waals surface area contributed by atoms with Crippen molar-refractivity contribution in [3.63, 3.8) is 0 Å². The van der Waals surface area contributed by atoms with E-state index in [0.717, 1.165) is 51.3 Å². The molecule has 1 atom stereocenters. The summed E-state index contributed by atoms with van der Waals surface area (Å²) in [5, 5.41) is 10.5. The van der Waals surface area contributed by atoms with Gasteiger partial charge < -0.3 is 9.84 Å². The van der Waals surface area contributed by atoms with Crippen molar-refractivity contribution in [1.29, 1.82) is 0 Å². The molecule has 0 spiro atoms. The predicted molar refractivity (Wildman–Crippen MR) is 101 cm³/mol. The highest BCUT2D eigenvalue weighted by atomic mass is 19.1. The molecule has 1 unspecified atom stereocenters. The Labute approximate surface area is 160 Å². The number of nitrogens with one attached hydrogen (secondary N) is 1. The highest BCUT2D eigenvalue weighted by Crippen LogP contribution is 2.46. The smallest absolute Gasteiger partial charge is 0.329 e. The highest BCUT2D eigenvalue weighted by Gasteiger charge is 2.49. The van der Waals surface area contributed by atoms with Crippen LogP contribution in [0.15, 0.2) is 15.7 Å². The Morgan fingerprint density at radius 3 is 2.75 bits per heavy atom. The molecule has 0 amide bonds. The molecule has 1 aliphatic heterocycles. The van der Waals surface area contributed by atoms with E-state index in [1.807, 2.05) is 0 Å². The number of benzene rings is 1. The van der Waals surface area contributed by atoms with Gasteiger partial charge in [0.2, 0.25) is 0 Å². The van der Waals surface area contributed by atoms with E-state index in [9.17, 15) is 19.1 Å². The molecular weight excluding hydrogens is 365 g/mol. The molecular formula is C20H24FN3O4. The van der Waals surface area contributed by atoms with Crippen molar-refractivity contribution in [3.8, 4) is 5.75 Å². The predicted octanol–water partition coefficient (Wildman–Crippen LogP) is 1.66. The van der Waals surface area contributed by atoms with Crippen molar-refractivity contribution in [2.75, 3.05) is 19.8 Å². The molecule has 1 aromatic carbocycles. The molecule has 1 saturated heterocycles. The molecule has 8 heteroatoms. The van der Waals surface area contributed by atoms with Crippen LogP contribution in [0.25, 0.3) is 10.9 Å². The third-order valence-corrected chi connectivity index (χ3v) is 6.46. The van der Waals surface area contributed by atoms with Gasteiger partial charge in [-0.2, -0.15) is 0 Å². The second-order valence-corrected chi connectivity index (χ2v) is 8.51. The number of aliphatic hydroxyl groups is 1. The highest BCUT2D eigenvalue weighted by molar-refractivity contribution is 5.84. The number of hydrogen-bond donors (Lipinski definition) is 2. The summed E-state index contributed by atoms with van der Waals surface area (Å²) in [6.45, 7) is 3.44. The number of fused-ring (bicyclic) bond motifs is 1. The molecule has 2 saturated carbocycles. The maximum Gasteiger partial charge on any atom is 0.329 e. The van der Waals surface area contributed by atoms with E-state index in [0.29, 0.717) is 11.1 Å². The summed E-state index contributed by atoms with van der Waals surface area (Å²) >= 11 is 0. The Kier molecular flexibility index (Phi) is 3.93. The van der Waals surface area contributed by atoms with Crippen molar-refractivity contribution < 1.29 is 14.2 Å². The van der Waals surface area contributed by atoms with E-state index >= 15 is 0 Å². The fourth-order valence-electron chi connectivity index (χ4n) is 4.50. The third kappa shape index (κ3) is 2.86. The monoisotopic (exact) mass is 389 g/mol. The lowest BCUT2D eigenvalue weighted by molar-refractivity contribution is 0.0751. The Morgan fingerprint density at radius 2 is 2.07 bits per heavy atom. The number of rotatable bonds is 5. The number of hydrogen-bond acceptors (Lipinski definition) is 5. The van der Waals surface area contributed by atoms with Crippen LogP contribution >= 0.6 is 0 Å². The molecule has 0 radical (unpaired) electrons. The van der Waals surface area contributed by atoms with E-state index in [1.54, 1.807) is 11.5 Å². The average molecular weight is 389 g/mol. The van der Waals surface area contributed by atoms with Gasteiger partial charge in [-0.3, -0.25) is 19.2 Å². The molecule has 2 aliphatic carbocycles. The minimum atomic E-state index is -0.604. The maximum absolute atomic E-state index is 14.7. The van der Waals surface area contributed by atoms with Crippen LogP contribution in [0.2, 0.25) is 0 Å². The first kappa shape index (κ1) is 17.9. The molecule has 7 nitrogen and oxygen atoms in total. The molecule has 2 heterocycles. The van der Waals surface area contributed by atoms with Crippen LogP contribution in [0.1, 0.15) is 43.7 Å². The average Bonchev–Trinajstić information content (AvgIpc) is 3.56. The second kappa shape index (κ2) is 6.15. The number of aryl methyl sites for hydroxylation is 1. The minimum Gasteiger partial charge on any atom is -0.475 e. The van der Waals surface area contributed by atoms with E-state index in [2.05, 4.69) is 9.88 Å². The standard InChI is InChI=1S/C20H24FN3O4/c1-11-16-14(18(25)22-19(26)24(16)13-2-3-13)8-15(21)17(11)28-10-23-7-4-12(9-23)20(27)5-6-20/h8,12-13,27H,2-7,9-10H2,1H3,(H,22,25,26). The van der Waals surface area contributed by atoms with Gasteiger partial charge in [0.25, 0.3) is 5.56 Å². The lowest BCUT2D eigenvalue weighted by atomic mass is 10.00.